The molecule has 0 aliphatic rings. The second-order valence-corrected chi connectivity index (χ2v) is 4.80. The number of nitrogens with zero attached hydrogens (tertiary/aromatic N) is 5. The van der Waals surface area contributed by atoms with E-state index in [2.05, 4.69) is 47.7 Å². The largest absolute Gasteiger partial charge is 0.357 e. The van der Waals surface area contributed by atoms with E-state index in [-0.39, 0.29) is 5.92 Å². The number of aromatic nitrogens is 4. The van der Waals surface area contributed by atoms with Gasteiger partial charge in [0.25, 0.3) is 5.78 Å². The van der Waals surface area contributed by atoms with Crippen LogP contribution in [0.15, 0.2) is 6.33 Å². The molecule has 5 nitrogen and oxygen atoms in total. The normalized spacial score (nSPS) is 11.4. The summed E-state index contributed by atoms with van der Waals surface area (Å²) in [4.78, 5) is 10.6. The van der Waals surface area contributed by atoms with Gasteiger partial charge in [-0.3, -0.25) is 0 Å². The lowest BCUT2D eigenvalue weighted by Gasteiger charge is -2.26. The zero-order valence-electron chi connectivity index (χ0n) is 11.2. The Kier molecular flexibility index (Phi) is 3.71. The Bertz CT molecular complexity index is 545. The lowest BCUT2D eigenvalue weighted by molar-refractivity contribution is 0.756. The van der Waals surface area contributed by atoms with Gasteiger partial charge in [-0.2, -0.15) is 19.6 Å². The summed E-state index contributed by atoms with van der Waals surface area (Å²) < 4.78 is 1.77. The summed E-state index contributed by atoms with van der Waals surface area (Å²) in [6.07, 6.45) is 1.51. The molecule has 0 unspecified atom stereocenters. The third kappa shape index (κ3) is 2.03. The van der Waals surface area contributed by atoms with Gasteiger partial charge in [0.05, 0.1) is 0 Å². The Morgan fingerprint density at radius 1 is 1.33 bits per heavy atom. The van der Waals surface area contributed by atoms with Gasteiger partial charge in [0.1, 0.15) is 17.3 Å². The van der Waals surface area contributed by atoms with Crippen molar-refractivity contribution in [3.05, 3.63) is 17.0 Å². The average Bonchev–Trinajstić information content (AvgIpc) is 2.77. The highest BCUT2D eigenvalue weighted by Gasteiger charge is 2.21. The number of hydrogen-bond donors (Lipinski definition) is 0. The van der Waals surface area contributed by atoms with Gasteiger partial charge < -0.3 is 4.90 Å². The Morgan fingerprint density at radius 3 is 2.56 bits per heavy atom. The molecule has 2 aromatic heterocycles. The molecule has 0 aliphatic heterocycles. The third-order valence-electron chi connectivity index (χ3n) is 3.03. The minimum atomic E-state index is 0.286. The molecule has 6 heteroatoms. The smallest absolute Gasteiger partial charge is 0.255 e. The van der Waals surface area contributed by atoms with Crippen molar-refractivity contribution in [1.82, 2.24) is 19.6 Å². The fourth-order valence-electron chi connectivity index (χ4n) is 2.14. The molecule has 18 heavy (non-hydrogen) atoms. The van der Waals surface area contributed by atoms with Crippen LogP contribution in [-0.2, 0) is 0 Å². The molecule has 0 amide bonds. The molecule has 0 bridgehead atoms. The van der Waals surface area contributed by atoms with Crippen LogP contribution < -0.4 is 4.90 Å². The first-order valence-electron chi connectivity index (χ1n) is 6.24. The minimum Gasteiger partial charge on any atom is -0.357 e. The maximum atomic E-state index is 6.30. The number of fused-ring (bicyclic) bond motifs is 1. The van der Waals surface area contributed by atoms with E-state index in [1.165, 1.54) is 6.33 Å². The van der Waals surface area contributed by atoms with Crippen LogP contribution in [0.1, 0.15) is 39.2 Å². The molecule has 0 saturated heterocycles. The van der Waals surface area contributed by atoms with E-state index in [1.807, 2.05) is 0 Å². The number of hydrogen-bond acceptors (Lipinski definition) is 4. The van der Waals surface area contributed by atoms with Gasteiger partial charge in [0.15, 0.2) is 0 Å². The standard InChI is InChI=1S/C12H18ClN5/c1-5-17(6-2)11-9(8(3)4)10(13)16-12-14-7-15-18(11)12/h7-8H,5-6H2,1-4H3. The lowest BCUT2D eigenvalue weighted by Crippen LogP contribution is -2.27. The summed E-state index contributed by atoms with van der Waals surface area (Å²) in [6, 6.07) is 0. The van der Waals surface area contributed by atoms with Gasteiger partial charge in [0.2, 0.25) is 0 Å². The minimum absolute atomic E-state index is 0.286. The number of rotatable bonds is 4. The van der Waals surface area contributed by atoms with Crippen molar-refractivity contribution in [2.45, 2.75) is 33.6 Å². The number of halogens is 1. The van der Waals surface area contributed by atoms with E-state index in [9.17, 15) is 0 Å². The summed E-state index contributed by atoms with van der Waals surface area (Å²) in [5.74, 6) is 1.84. The molecule has 0 aliphatic carbocycles. The molecular formula is C12H18ClN5. The van der Waals surface area contributed by atoms with Crippen LogP contribution in [0.25, 0.3) is 5.78 Å². The van der Waals surface area contributed by atoms with E-state index < -0.39 is 0 Å². The van der Waals surface area contributed by atoms with Crippen molar-refractivity contribution in [3.8, 4) is 0 Å². The first kappa shape index (κ1) is 13.1. The highest BCUT2D eigenvalue weighted by atomic mass is 35.5. The third-order valence-corrected chi connectivity index (χ3v) is 3.32. The molecule has 0 atom stereocenters. The Hall–Kier alpha value is -1.36. The van der Waals surface area contributed by atoms with Crippen LogP contribution in [0.2, 0.25) is 5.15 Å². The van der Waals surface area contributed by atoms with Crippen molar-refractivity contribution >= 4 is 23.2 Å². The highest BCUT2D eigenvalue weighted by Crippen LogP contribution is 2.32. The van der Waals surface area contributed by atoms with Gasteiger partial charge in [0, 0.05) is 18.7 Å². The van der Waals surface area contributed by atoms with Crippen LogP contribution in [-0.4, -0.2) is 32.7 Å². The van der Waals surface area contributed by atoms with E-state index in [0.29, 0.717) is 10.9 Å². The highest BCUT2D eigenvalue weighted by molar-refractivity contribution is 6.30. The Labute approximate surface area is 112 Å². The fraction of sp³-hybridized carbons (Fsp3) is 0.583. The molecule has 0 aromatic carbocycles. The molecular weight excluding hydrogens is 250 g/mol. The van der Waals surface area contributed by atoms with Gasteiger partial charge >= 0.3 is 0 Å². The predicted molar refractivity (Wildman–Crippen MR) is 73.4 cm³/mol. The summed E-state index contributed by atoms with van der Waals surface area (Å²) in [5, 5.41) is 4.78. The Balaban J connectivity index is 2.78. The van der Waals surface area contributed by atoms with Crippen LogP contribution >= 0.6 is 11.6 Å². The zero-order valence-corrected chi connectivity index (χ0v) is 11.9. The molecule has 0 fully saturated rings. The van der Waals surface area contributed by atoms with Crippen molar-refractivity contribution in [2.24, 2.45) is 0 Å². The molecule has 0 spiro atoms. The molecule has 0 saturated carbocycles. The van der Waals surface area contributed by atoms with E-state index in [0.717, 1.165) is 24.5 Å². The van der Waals surface area contributed by atoms with Crippen molar-refractivity contribution in [3.63, 3.8) is 0 Å². The molecule has 0 radical (unpaired) electrons. The fourth-order valence-corrected chi connectivity index (χ4v) is 2.52. The van der Waals surface area contributed by atoms with Gasteiger partial charge in [-0.25, -0.2) is 0 Å². The maximum absolute atomic E-state index is 6.30. The van der Waals surface area contributed by atoms with E-state index in [1.54, 1.807) is 4.52 Å². The quantitative estimate of drug-likeness (QED) is 0.799. The van der Waals surface area contributed by atoms with Crippen molar-refractivity contribution in [1.29, 1.82) is 0 Å². The topological polar surface area (TPSA) is 46.3 Å². The van der Waals surface area contributed by atoms with E-state index >= 15 is 0 Å². The lowest BCUT2D eigenvalue weighted by atomic mass is 10.1. The average molecular weight is 268 g/mol. The monoisotopic (exact) mass is 267 g/mol. The molecule has 98 valence electrons. The molecule has 2 heterocycles. The zero-order chi connectivity index (χ0) is 13.3. The summed E-state index contributed by atoms with van der Waals surface area (Å²) in [6.45, 7) is 10.2. The first-order valence-corrected chi connectivity index (χ1v) is 6.62. The summed E-state index contributed by atoms with van der Waals surface area (Å²) in [5.41, 5.74) is 1.03. The predicted octanol–water partition coefficient (Wildman–Crippen LogP) is 2.75. The van der Waals surface area contributed by atoms with Crippen LogP contribution in [0.4, 0.5) is 5.82 Å². The first-order chi connectivity index (χ1) is 8.60. The summed E-state index contributed by atoms with van der Waals surface area (Å²) >= 11 is 6.30. The molecule has 2 aromatic rings. The van der Waals surface area contributed by atoms with E-state index in [4.69, 9.17) is 11.6 Å². The second kappa shape index (κ2) is 5.10. The summed E-state index contributed by atoms with van der Waals surface area (Å²) in [7, 11) is 0. The second-order valence-electron chi connectivity index (χ2n) is 4.44. The Morgan fingerprint density at radius 2 is 2.00 bits per heavy atom. The van der Waals surface area contributed by atoms with Gasteiger partial charge in [-0.1, -0.05) is 25.4 Å². The van der Waals surface area contributed by atoms with Crippen molar-refractivity contribution < 1.29 is 0 Å². The van der Waals surface area contributed by atoms with Crippen LogP contribution in [0.5, 0.6) is 0 Å². The number of anilines is 1. The molecule has 0 N–H and O–H groups in total. The molecule has 2 rings (SSSR count). The SMILES string of the molecule is CCN(CC)c1c(C(C)C)c(Cl)nc2ncnn12. The van der Waals surface area contributed by atoms with Gasteiger partial charge in [-0.15, -0.1) is 0 Å². The van der Waals surface area contributed by atoms with Crippen LogP contribution in [0.3, 0.4) is 0 Å². The maximum Gasteiger partial charge on any atom is 0.255 e. The van der Waals surface area contributed by atoms with Crippen molar-refractivity contribution in [2.75, 3.05) is 18.0 Å². The van der Waals surface area contributed by atoms with Gasteiger partial charge in [-0.05, 0) is 19.8 Å². The van der Waals surface area contributed by atoms with Crippen LogP contribution in [0, 0.1) is 0 Å².